The molecule has 0 unspecified atom stereocenters. The number of hydrogen-bond donors (Lipinski definition) is 0. The smallest absolute Gasteiger partial charge is 0.243 e. The van der Waals surface area contributed by atoms with Crippen LogP contribution in [0.25, 0.3) is 5.65 Å². The number of pyridine rings is 1. The van der Waals surface area contributed by atoms with Gasteiger partial charge in [0.05, 0.1) is 10.6 Å². The van der Waals surface area contributed by atoms with Gasteiger partial charge in [-0.05, 0) is 24.3 Å². The Morgan fingerprint density at radius 2 is 1.64 bits per heavy atom. The van der Waals surface area contributed by atoms with E-state index in [0.717, 1.165) is 17.9 Å². The molecule has 130 valence electrons. The van der Waals surface area contributed by atoms with Crippen molar-refractivity contribution in [1.29, 1.82) is 0 Å². The minimum atomic E-state index is -3.39. The Morgan fingerprint density at radius 1 is 0.920 bits per heavy atom. The van der Waals surface area contributed by atoms with E-state index < -0.39 is 10.0 Å². The van der Waals surface area contributed by atoms with E-state index in [-0.39, 0.29) is 0 Å². The molecule has 1 aliphatic rings. The molecule has 3 heterocycles. The van der Waals surface area contributed by atoms with Crippen LogP contribution in [0.4, 0.5) is 0 Å². The summed E-state index contributed by atoms with van der Waals surface area (Å²) in [6.45, 7) is 3.16. The van der Waals surface area contributed by atoms with Gasteiger partial charge in [-0.1, -0.05) is 24.3 Å². The van der Waals surface area contributed by atoms with Crippen molar-refractivity contribution in [3.8, 4) is 0 Å². The lowest BCUT2D eigenvalue weighted by Gasteiger charge is -2.33. The average molecular weight is 356 g/mol. The minimum absolute atomic E-state index is 0.365. The van der Waals surface area contributed by atoms with Gasteiger partial charge in [0, 0.05) is 45.1 Å². The first-order valence-corrected chi connectivity index (χ1v) is 9.77. The molecule has 0 amide bonds. The molecule has 1 aromatic carbocycles. The largest absolute Gasteiger partial charge is 0.307 e. The van der Waals surface area contributed by atoms with E-state index in [4.69, 9.17) is 0 Å². The molecule has 2 aromatic heterocycles. The van der Waals surface area contributed by atoms with Crippen LogP contribution in [0.5, 0.6) is 0 Å². The van der Waals surface area contributed by atoms with E-state index >= 15 is 0 Å². The zero-order chi connectivity index (χ0) is 17.3. The van der Waals surface area contributed by atoms with Crippen molar-refractivity contribution >= 4 is 15.7 Å². The first kappa shape index (κ1) is 16.3. The fourth-order valence-electron chi connectivity index (χ4n) is 3.16. The third-order valence-corrected chi connectivity index (χ3v) is 6.42. The SMILES string of the molecule is O=S(=O)(c1ccccc1)N1CCN(Cc2cn3ccccc3n2)CC1. The molecule has 0 N–H and O–H groups in total. The molecule has 0 saturated carbocycles. The van der Waals surface area contributed by atoms with Gasteiger partial charge in [-0.2, -0.15) is 4.31 Å². The number of sulfonamides is 1. The number of aromatic nitrogens is 2. The molecule has 0 bridgehead atoms. The lowest BCUT2D eigenvalue weighted by molar-refractivity contribution is 0.180. The van der Waals surface area contributed by atoms with Crippen molar-refractivity contribution in [3.63, 3.8) is 0 Å². The topological polar surface area (TPSA) is 57.9 Å². The standard InChI is InChI=1S/C18H20N4O2S/c23-25(24,17-6-2-1-3-7-17)22-12-10-20(11-13-22)14-16-15-21-9-5-4-8-18(21)19-16/h1-9,15H,10-14H2. The average Bonchev–Trinajstić information content (AvgIpc) is 3.05. The highest BCUT2D eigenvalue weighted by Gasteiger charge is 2.28. The molecule has 0 spiro atoms. The Balaban J connectivity index is 1.41. The fourth-order valence-corrected chi connectivity index (χ4v) is 4.61. The van der Waals surface area contributed by atoms with Gasteiger partial charge in [0.1, 0.15) is 5.65 Å². The van der Waals surface area contributed by atoms with Gasteiger partial charge in [-0.25, -0.2) is 13.4 Å². The van der Waals surface area contributed by atoms with Gasteiger partial charge in [0.25, 0.3) is 0 Å². The maximum Gasteiger partial charge on any atom is 0.243 e. The second-order valence-electron chi connectivity index (χ2n) is 6.19. The molecular weight excluding hydrogens is 336 g/mol. The molecule has 0 atom stereocenters. The summed E-state index contributed by atoms with van der Waals surface area (Å²) in [5.41, 5.74) is 1.94. The third-order valence-electron chi connectivity index (χ3n) is 4.51. The lowest BCUT2D eigenvalue weighted by Crippen LogP contribution is -2.48. The summed E-state index contributed by atoms with van der Waals surface area (Å²) in [6, 6.07) is 14.6. The number of fused-ring (bicyclic) bond motifs is 1. The van der Waals surface area contributed by atoms with Crippen LogP contribution in [-0.2, 0) is 16.6 Å². The molecule has 1 aliphatic heterocycles. The summed E-state index contributed by atoms with van der Waals surface area (Å²) in [5.74, 6) is 0. The van der Waals surface area contributed by atoms with E-state index in [0.29, 0.717) is 31.1 Å². The zero-order valence-corrected chi connectivity index (χ0v) is 14.6. The normalized spacial score (nSPS) is 17.1. The highest BCUT2D eigenvalue weighted by molar-refractivity contribution is 7.89. The number of piperazine rings is 1. The van der Waals surface area contributed by atoms with Crippen LogP contribution in [0.15, 0.2) is 65.8 Å². The van der Waals surface area contributed by atoms with E-state index in [2.05, 4.69) is 9.88 Å². The third kappa shape index (κ3) is 3.30. The second-order valence-corrected chi connectivity index (χ2v) is 8.13. The molecule has 1 saturated heterocycles. The van der Waals surface area contributed by atoms with Crippen LogP contribution in [0.1, 0.15) is 5.69 Å². The minimum Gasteiger partial charge on any atom is -0.307 e. The maximum absolute atomic E-state index is 12.7. The van der Waals surface area contributed by atoms with Gasteiger partial charge in [0.15, 0.2) is 0 Å². The number of nitrogens with zero attached hydrogens (tertiary/aromatic N) is 4. The van der Waals surface area contributed by atoms with Gasteiger partial charge in [0.2, 0.25) is 10.0 Å². The summed E-state index contributed by atoms with van der Waals surface area (Å²) in [6.07, 6.45) is 4.01. The fraction of sp³-hybridized carbons (Fsp3) is 0.278. The molecule has 1 fully saturated rings. The molecule has 0 radical (unpaired) electrons. The Morgan fingerprint density at radius 3 is 2.36 bits per heavy atom. The van der Waals surface area contributed by atoms with Gasteiger partial charge < -0.3 is 4.40 Å². The number of benzene rings is 1. The predicted octanol–water partition coefficient (Wildman–Crippen LogP) is 1.84. The van der Waals surface area contributed by atoms with Crippen LogP contribution < -0.4 is 0 Å². The summed E-state index contributed by atoms with van der Waals surface area (Å²) in [5, 5.41) is 0. The molecule has 3 aromatic rings. The zero-order valence-electron chi connectivity index (χ0n) is 13.8. The van der Waals surface area contributed by atoms with Gasteiger partial charge in [-0.15, -0.1) is 0 Å². The maximum atomic E-state index is 12.7. The van der Waals surface area contributed by atoms with Crippen LogP contribution in [0, 0.1) is 0 Å². The molecular formula is C18H20N4O2S. The highest BCUT2D eigenvalue weighted by Crippen LogP contribution is 2.18. The summed E-state index contributed by atoms with van der Waals surface area (Å²) in [7, 11) is -3.39. The van der Waals surface area contributed by atoms with Crippen LogP contribution in [0.3, 0.4) is 0 Å². The molecule has 7 heteroatoms. The highest BCUT2D eigenvalue weighted by atomic mass is 32.2. The van der Waals surface area contributed by atoms with Crippen molar-refractivity contribution in [2.45, 2.75) is 11.4 Å². The van der Waals surface area contributed by atoms with Crippen LogP contribution >= 0.6 is 0 Å². The van der Waals surface area contributed by atoms with E-state index in [1.54, 1.807) is 28.6 Å². The Bertz CT molecular complexity index is 928. The van der Waals surface area contributed by atoms with E-state index in [1.807, 2.05) is 41.1 Å². The Hall–Kier alpha value is -2.22. The van der Waals surface area contributed by atoms with Crippen molar-refractivity contribution in [2.75, 3.05) is 26.2 Å². The first-order chi connectivity index (χ1) is 12.1. The van der Waals surface area contributed by atoms with Crippen molar-refractivity contribution in [1.82, 2.24) is 18.6 Å². The number of imidazole rings is 1. The summed E-state index contributed by atoms with van der Waals surface area (Å²) >= 11 is 0. The monoisotopic (exact) mass is 356 g/mol. The Labute approximate surface area is 147 Å². The summed E-state index contributed by atoms with van der Waals surface area (Å²) < 4.78 is 28.9. The van der Waals surface area contributed by atoms with E-state index in [9.17, 15) is 8.42 Å². The lowest BCUT2D eigenvalue weighted by atomic mass is 10.3. The van der Waals surface area contributed by atoms with Crippen molar-refractivity contribution in [2.24, 2.45) is 0 Å². The molecule has 0 aliphatic carbocycles. The van der Waals surface area contributed by atoms with Crippen LogP contribution in [-0.4, -0.2) is 53.2 Å². The first-order valence-electron chi connectivity index (χ1n) is 8.33. The van der Waals surface area contributed by atoms with Gasteiger partial charge >= 0.3 is 0 Å². The predicted molar refractivity (Wildman–Crippen MR) is 95.7 cm³/mol. The van der Waals surface area contributed by atoms with Crippen LogP contribution in [0.2, 0.25) is 0 Å². The molecule has 4 rings (SSSR count). The quantitative estimate of drug-likeness (QED) is 0.716. The second kappa shape index (κ2) is 6.59. The number of rotatable bonds is 4. The van der Waals surface area contributed by atoms with Gasteiger partial charge in [-0.3, -0.25) is 4.90 Å². The van der Waals surface area contributed by atoms with E-state index in [1.165, 1.54) is 0 Å². The van der Waals surface area contributed by atoms with Crippen molar-refractivity contribution < 1.29 is 8.42 Å². The van der Waals surface area contributed by atoms with Crippen molar-refractivity contribution in [3.05, 3.63) is 66.6 Å². The molecule has 6 nitrogen and oxygen atoms in total. The number of hydrogen-bond acceptors (Lipinski definition) is 4. The Kier molecular flexibility index (Phi) is 4.29. The summed E-state index contributed by atoms with van der Waals surface area (Å²) in [4.78, 5) is 7.23. The molecule has 25 heavy (non-hydrogen) atoms.